The first-order chi connectivity index (χ1) is 22.8. The Hall–Kier alpha value is -4.71. The van der Waals surface area contributed by atoms with Crippen LogP contribution in [-0.2, 0) is 6.54 Å². The van der Waals surface area contributed by atoms with Crippen molar-refractivity contribution >= 4 is 60.5 Å². The molecule has 0 saturated heterocycles. The molecule has 0 amide bonds. The van der Waals surface area contributed by atoms with Crippen molar-refractivity contribution in [1.29, 1.82) is 0 Å². The molecule has 0 aliphatic carbocycles. The molecule has 1 aromatic carbocycles. The van der Waals surface area contributed by atoms with Crippen LogP contribution in [0.25, 0.3) is 43.5 Å². The summed E-state index contributed by atoms with van der Waals surface area (Å²) in [5.74, 6) is 3.43. The number of ether oxygens (including phenoxy) is 2. The van der Waals surface area contributed by atoms with Crippen LogP contribution in [0.4, 0.5) is 5.82 Å². The molecule has 7 rings (SSSR count). The van der Waals surface area contributed by atoms with E-state index in [4.69, 9.17) is 31.0 Å². The number of benzene rings is 1. The maximum Gasteiger partial charge on any atom is 0.181 e. The summed E-state index contributed by atoms with van der Waals surface area (Å²) in [6.45, 7) is 8.94. The molecule has 0 spiro atoms. The first-order valence-electron chi connectivity index (χ1n) is 14.8. The van der Waals surface area contributed by atoms with Gasteiger partial charge in [-0.1, -0.05) is 29.8 Å². The average molecular weight is 682 g/mol. The summed E-state index contributed by atoms with van der Waals surface area (Å²) in [6.07, 6.45) is 3.48. The number of anilines is 1. The minimum absolute atomic E-state index is 0.502. The molecule has 0 bridgehead atoms. The summed E-state index contributed by atoms with van der Waals surface area (Å²) in [5, 5.41) is 6.01. The van der Waals surface area contributed by atoms with Crippen LogP contribution in [0.15, 0.2) is 67.0 Å². The summed E-state index contributed by atoms with van der Waals surface area (Å²) in [5.41, 5.74) is 4.93. The van der Waals surface area contributed by atoms with Gasteiger partial charge < -0.3 is 14.8 Å². The lowest BCUT2D eigenvalue weighted by Crippen LogP contribution is -2.05. The molecule has 0 unspecified atom stereocenters. The smallest absolute Gasteiger partial charge is 0.181 e. The van der Waals surface area contributed by atoms with Gasteiger partial charge in [-0.15, -0.1) is 22.7 Å². The number of pyridine rings is 2. The van der Waals surface area contributed by atoms with E-state index in [9.17, 15) is 0 Å². The maximum atomic E-state index is 6.26. The fourth-order valence-corrected chi connectivity index (χ4v) is 7.40. The molecule has 238 valence electrons. The SMILES string of the molecule is COc1ccc(CNc2nc(-c3ccccn3)nc3sc(C)c(C)c23)cc1OC.Cc1sc2nc(-c3ccccn3)nc(Cl)c2c1C. The lowest BCUT2D eigenvalue weighted by molar-refractivity contribution is 0.354. The molecule has 0 atom stereocenters. The number of nitrogens with zero attached hydrogens (tertiary/aromatic N) is 6. The maximum absolute atomic E-state index is 6.26. The Morgan fingerprint density at radius 3 is 1.83 bits per heavy atom. The third kappa shape index (κ3) is 6.73. The third-order valence-electron chi connectivity index (χ3n) is 7.71. The van der Waals surface area contributed by atoms with Gasteiger partial charge in [-0.25, -0.2) is 19.9 Å². The Bertz CT molecular complexity index is 2190. The van der Waals surface area contributed by atoms with Crippen molar-refractivity contribution in [3.8, 4) is 34.5 Å². The van der Waals surface area contributed by atoms with Crippen LogP contribution in [0.5, 0.6) is 11.5 Å². The highest BCUT2D eigenvalue weighted by Gasteiger charge is 2.17. The summed E-state index contributed by atoms with van der Waals surface area (Å²) < 4.78 is 10.7. The lowest BCUT2D eigenvalue weighted by Gasteiger charge is -2.12. The van der Waals surface area contributed by atoms with Crippen molar-refractivity contribution in [3.63, 3.8) is 0 Å². The number of hydrogen-bond acceptors (Lipinski definition) is 11. The van der Waals surface area contributed by atoms with Gasteiger partial charge in [-0.05, 0) is 80.8 Å². The lowest BCUT2D eigenvalue weighted by atomic mass is 10.1. The zero-order valence-electron chi connectivity index (χ0n) is 26.8. The molecule has 0 aliphatic heterocycles. The monoisotopic (exact) mass is 681 g/mol. The molecule has 0 radical (unpaired) electrons. The number of aryl methyl sites for hydroxylation is 4. The van der Waals surface area contributed by atoms with E-state index in [-0.39, 0.29) is 0 Å². The highest BCUT2D eigenvalue weighted by atomic mass is 35.5. The second-order valence-electron chi connectivity index (χ2n) is 10.6. The van der Waals surface area contributed by atoms with E-state index in [0.717, 1.165) is 48.8 Å². The Kier molecular flexibility index (Phi) is 9.58. The summed E-state index contributed by atoms with van der Waals surface area (Å²) in [6, 6.07) is 17.3. The molecule has 7 aromatic rings. The topological polar surface area (TPSA) is 108 Å². The number of thiophene rings is 2. The molecule has 0 fully saturated rings. The molecule has 47 heavy (non-hydrogen) atoms. The fourth-order valence-electron chi connectivity index (χ4n) is 4.97. The van der Waals surface area contributed by atoms with Crippen LogP contribution in [0.2, 0.25) is 5.15 Å². The number of fused-ring (bicyclic) bond motifs is 2. The normalized spacial score (nSPS) is 11.0. The Labute approximate surface area is 285 Å². The van der Waals surface area contributed by atoms with E-state index in [1.807, 2.05) is 61.5 Å². The van der Waals surface area contributed by atoms with Gasteiger partial charge in [0.2, 0.25) is 0 Å². The van der Waals surface area contributed by atoms with Crippen LogP contribution < -0.4 is 14.8 Å². The van der Waals surface area contributed by atoms with E-state index in [2.05, 4.69) is 46.0 Å². The van der Waals surface area contributed by atoms with Crippen molar-refractivity contribution in [2.75, 3.05) is 19.5 Å². The fraction of sp³-hybridized carbons (Fsp3) is 0.200. The van der Waals surface area contributed by atoms with Gasteiger partial charge in [0.1, 0.15) is 32.0 Å². The van der Waals surface area contributed by atoms with Gasteiger partial charge in [0.15, 0.2) is 23.1 Å². The van der Waals surface area contributed by atoms with Crippen LogP contribution in [0, 0.1) is 27.7 Å². The standard InChI is InChI=1S/C22H22N4O2S.C13H10ClN3S/c1-13-14(2)29-22-19(13)21(25-20(26-22)16-7-5-6-10-23-16)24-12-15-8-9-17(27-3)18(11-15)28-4;1-7-8(2)18-13-10(7)11(14)16-12(17-13)9-5-3-4-6-15-9/h5-11H,12H2,1-4H3,(H,24,25,26);3-6H,1-2H3. The molecule has 0 saturated carbocycles. The summed E-state index contributed by atoms with van der Waals surface area (Å²) in [7, 11) is 3.27. The van der Waals surface area contributed by atoms with Crippen molar-refractivity contribution in [2.24, 2.45) is 0 Å². The number of rotatable bonds is 7. The number of halogens is 1. The van der Waals surface area contributed by atoms with Crippen molar-refractivity contribution < 1.29 is 9.47 Å². The predicted molar refractivity (Wildman–Crippen MR) is 192 cm³/mol. The van der Waals surface area contributed by atoms with Crippen LogP contribution in [-0.4, -0.2) is 44.1 Å². The quantitative estimate of drug-likeness (QED) is 0.165. The minimum Gasteiger partial charge on any atom is -0.493 e. The van der Waals surface area contributed by atoms with Crippen molar-refractivity contribution in [3.05, 3.63) is 98.6 Å². The first kappa shape index (κ1) is 32.2. The summed E-state index contributed by atoms with van der Waals surface area (Å²) in [4.78, 5) is 31.5. The molecule has 9 nitrogen and oxygen atoms in total. The van der Waals surface area contributed by atoms with Gasteiger partial charge in [0, 0.05) is 28.7 Å². The zero-order chi connectivity index (χ0) is 33.1. The largest absolute Gasteiger partial charge is 0.493 e. The Morgan fingerprint density at radius 1 is 0.681 bits per heavy atom. The van der Waals surface area contributed by atoms with Gasteiger partial charge >= 0.3 is 0 Å². The minimum atomic E-state index is 0.502. The average Bonchev–Trinajstić information content (AvgIpc) is 3.56. The highest BCUT2D eigenvalue weighted by molar-refractivity contribution is 7.19. The van der Waals surface area contributed by atoms with E-state index in [1.54, 1.807) is 49.3 Å². The van der Waals surface area contributed by atoms with Gasteiger partial charge in [-0.2, -0.15) is 0 Å². The van der Waals surface area contributed by atoms with Crippen molar-refractivity contribution in [2.45, 2.75) is 34.2 Å². The second-order valence-corrected chi connectivity index (χ2v) is 13.4. The second kappa shape index (κ2) is 14.0. The molecular weight excluding hydrogens is 650 g/mol. The number of aromatic nitrogens is 6. The molecule has 6 heterocycles. The number of nitrogens with one attached hydrogen (secondary N) is 1. The van der Waals surface area contributed by atoms with Crippen molar-refractivity contribution in [1.82, 2.24) is 29.9 Å². The predicted octanol–water partition coefficient (Wildman–Crippen LogP) is 9.02. The van der Waals surface area contributed by atoms with Crippen LogP contribution >= 0.6 is 34.3 Å². The Balaban J connectivity index is 0.000000183. The van der Waals surface area contributed by atoms with Gasteiger partial charge in [0.25, 0.3) is 0 Å². The number of methoxy groups -OCH3 is 2. The molecule has 12 heteroatoms. The van der Waals surface area contributed by atoms with Gasteiger partial charge in [0.05, 0.1) is 25.0 Å². The first-order valence-corrected chi connectivity index (χ1v) is 16.8. The van der Waals surface area contributed by atoms with Gasteiger partial charge in [-0.3, -0.25) is 9.97 Å². The van der Waals surface area contributed by atoms with E-state index >= 15 is 0 Å². The zero-order valence-corrected chi connectivity index (χ0v) is 29.1. The molecule has 1 N–H and O–H groups in total. The third-order valence-corrected chi connectivity index (χ3v) is 10.2. The van der Waals surface area contributed by atoms with E-state index < -0.39 is 0 Å². The van der Waals surface area contributed by atoms with E-state index in [0.29, 0.717) is 34.8 Å². The molecule has 0 aliphatic rings. The molecular formula is C35H32ClN7O2S2. The molecule has 6 aromatic heterocycles. The number of hydrogen-bond donors (Lipinski definition) is 1. The summed E-state index contributed by atoms with van der Waals surface area (Å²) >= 11 is 9.58. The van der Waals surface area contributed by atoms with Crippen LogP contribution in [0.3, 0.4) is 0 Å². The highest BCUT2D eigenvalue weighted by Crippen LogP contribution is 2.36. The van der Waals surface area contributed by atoms with E-state index in [1.165, 1.54) is 15.3 Å². The Morgan fingerprint density at radius 2 is 1.26 bits per heavy atom. The van der Waals surface area contributed by atoms with Crippen LogP contribution in [0.1, 0.15) is 26.4 Å².